The van der Waals surface area contributed by atoms with Crippen molar-refractivity contribution in [3.05, 3.63) is 130 Å². The van der Waals surface area contributed by atoms with E-state index in [4.69, 9.17) is 10.2 Å². The summed E-state index contributed by atoms with van der Waals surface area (Å²) in [7, 11) is 0. The number of hydrogen-bond acceptors (Lipinski definition) is 6. The Hall–Kier alpha value is -3.68. The van der Waals surface area contributed by atoms with Crippen LogP contribution in [-0.2, 0) is 16.2 Å². The van der Waals surface area contributed by atoms with Crippen molar-refractivity contribution in [1.29, 1.82) is 0 Å². The van der Waals surface area contributed by atoms with Gasteiger partial charge >= 0.3 is 0 Å². The molecule has 2 heterocycles. The Morgan fingerprint density at radius 1 is 0.816 bits per heavy atom. The largest absolute Gasteiger partial charge is 0.292 e. The van der Waals surface area contributed by atoms with Crippen LogP contribution >= 0.6 is 27.7 Å². The first kappa shape index (κ1) is 24.6. The van der Waals surface area contributed by atoms with Gasteiger partial charge in [-0.15, -0.1) is 0 Å². The molecule has 0 saturated heterocycles. The summed E-state index contributed by atoms with van der Waals surface area (Å²) < 4.78 is 0.970. The zero-order valence-electron chi connectivity index (χ0n) is 21.0. The molecule has 4 aromatic carbocycles. The molecule has 7 heteroatoms. The molecule has 2 aliphatic rings. The lowest BCUT2D eigenvalue weighted by Crippen LogP contribution is -2.54. The average molecular weight is 582 g/mol. The minimum atomic E-state index is -0.945. The van der Waals surface area contributed by atoms with E-state index in [1.807, 2.05) is 76.7 Å². The van der Waals surface area contributed by atoms with E-state index in [0.717, 1.165) is 44.7 Å². The molecule has 0 radical (unpaired) electrons. The minimum Gasteiger partial charge on any atom is -0.292 e. The van der Waals surface area contributed by atoms with E-state index < -0.39 is 4.99 Å². The zero-order valence-corrected chi connectivity index (χ0v) is 23.4. The lowest BCUT2D eigenvalue weighted by Gasteiger charge is -2.47. The fourth-order valence-electron chi connectivity index (χ4n) is 4.84. The smallest absolute Gasteiger partial charge is 0.234 e. The zero-order chi connectivity index (χ0) is 26.3. The first-order valence-electron chi connectivity index (χ1n) is 12.5. The molecule has 2 aliphatic heterocycles. The van der Waals surface area contributed by atoms with E-state index in [-0.39, 0.29) is 5.78 Å². The number of nitrogens with zero attached hydrogens (tertiary/aromatic N) is 4. The van der Waals surface area contributed by atoms with E-state index in [1.54, 1.807) is 6.92 Å². The number of Topliss-reactive ketones (excluding diaryl/α,β-unsaturated/α-hetero) is 1. The Kier molecular flexibility index (Phi) is 6.41. The number of halogens is 1. The van der Waals surface area contributed by atoms with Gasteiger partial charge in [-0.1, -0.05) is 89.6 Å². The fourth-order valence-corrected chi connectivity index (χ4v) is 6.39. The molecule has 0 amide bonds. The Balaban J connectivity index is 1.64. The second-order valence-corrected chi connectivity index (χ2v) is 11.2. The van der Waals surface area contributed by atoms with Gasteiger partial charge in [-0.25, -0.2) is 10.0 Å². The van der Waals surface area contributed by atoms with Crippen molar-refractivity contribution in [3.8, 4) is 0 Å². The van der Waals surface area contributed by atoms with Crippen molar-refractivity contribution >= 4 is 55.6 Å². The van der Waals surface area contributed by atoms with E-state index in [2.05, 4.69) is 59.3 Å². The van der Waals surface area contributed by atoms with Crippen LogP contribution in [0.4, 0.5) is 11.4 Å². The van der Waals surface area contributed by atoms with Crippen LogP contribution in [0.15, 0.2) is 118 Å². The van der Waals surface area contributed by atoms with Gasteiger partial charge in [0.2, 0.25) is 4.99 Å². The maximum atomic E-state index is 12.8. The molecule has 0 unspecified atom stereocenters. The van der Waals surface area contributed by atoms with Gasteiger partial charge in [0.25, 0.3) is 0 Å². The Morgan fingerprint density at radius 3 is 2.13 bits per heavy atom. The maximum absolute atomic E-state index is 12.8. The van der Waals surface area contributed by atoms with Crippen molar-refractivity contribution in [2.24, 2.45) is 10.2 Å². The van der Waals surface area contributed by atoms with Crippen LogP contribution in [-0.4, -0.2) is 16.5 Å². The van der Waals surface area contributed by atoms with Gasteiger partial charge in [0.1, 0.15) is 0 Å². The quantitative estimate of drug-likeness (QED) is 0.244. The van der Waals surface area contributed by atoms with E-state index in [9.17, 15) is 4.79 Å². The standard InChI is InChI=1S/C31H25BrN4OS/c1-3-22-13-15-23(16-14-22)29-27-11-7-8-12-28(27)31(35(33-29)25-9-5-4-6-10-25)36(34-30(38-31)21(2)37)26-19-17-24(32)18-20-26/h4-20H,3H2,1-2H3/t31-/m0/s1. The molecular weight excluding hydrogens is 556 g/mol. The SMILES string of the molecule is CCc1ccc(C2=NN(c3ccccc3)[C@@]3(SC(C(C)=O)=NN3c3ccc(Br)cc3)c3ccccc32)cc1. The Morgan fingerprint density at radius 2 is 1.45 bits per heavy atom. The van der Waals surface area contributed by atoms with Crippen LogP contribution in [0.3, 0.4) is 0 Å². The molecule has 0 fully saturated rings. The van der Waals surface area contributed by atoms with Crippen LogP contribution in [0.5, 0.6) is 0 Å². The molecule has 38 heavy (non-hydrogen) atoms. The second-order valence-electron chi connectivity index (χ2n) is 9.15. The number of hydrogen-bond donors (Lipinski definition) is 0. The van der Waals surface area contributed by atoms with Gasteiger partial charge in [-0.3, -0.25) is 4.79 Å². The summed E-state index contributed by atoms with van der Waals surface area (Å²) in [6.07, 6.45) is 0.979. The number of fused-ring (bicyclic) bond motifs is 2. The van der Waals surface area contributed by atoms with Gasteiger partial charge < -0.3 is 0 Å². The lowest BCUT2D eigenvalue weighted by atomic mass is 9.92. The first-order chi connectivity index (χ1) is 18.5. The molecule has 5 nitrogen and oxygen atoms in total. The predicted molar refractivity (Wildman–Crippen MR) is 161 cm³/mol. The van der Waals surface area contributed by atoms with Crippen LogP contribution in [0.2, 0.25) is 0 Å². The maximum Gasteiger partial charge on any atom is 0.234 e. The topological polar surface area (TPSA) is 48.3 Å². The molecule has 1 spiro atoms. The third-order valence-corrected chi connectivity index (χ3v) is 8.69. The lowest BCUT2D eigenvalue weighted by molar-refractivity contribution is -0.110. The van der Waals surface area contributed by atoms with Gasteiger partial charge in [-0.05, 0) is 60.1 Å². The number of thioether (sulfide) groups is 1. The van der Waals surface area contributed by atoms with Crippen LogP contribution in [0, 0.1) is 0 Å². The van der Waals surface area contributed by atoms with Crippen LogP contribution in [0.1, 0.15) is 36.1 Å². The van der Waals surface area contributed by atoms with E-state index >= 15 is 0 Å². The van der Waals surface area contributed by atoms with Gasteiger partial charge in [-0.2, -0.15) is 10.2 Å². The molecule has 0 aliphatic carbocycles. The highest BCUT2D eigenvalue weighted by molar-refractivity contribution is 9.10. The highest BCUT2D eigenvalue weighted by atomic mass is 79.9. The van der Waals surface area contributed by atoms with Gasteiger partial charge in [0, 0.05) is 28.1 Å². The first-order valence-corrected chi connectivity index (χ1v) is 14.1. The number of aryl methyl sites for hydroxylation is 1. The second kappa shape index (κ2) is 9.89. The summed E-state index contributed by atoms with van der Waals surface area (Å²) in [5.74, 6) is -0.0792. The number of carbonyl (C=O) groups is 1. The summed E-state index contributed by atoms with van der Waals surface area (Å²) in [5.41, 5.74) is 6.99. The van der Waals surface area contributed by atoms with Crippen molar-refractivity contribution in [2.75, 3.05) is 10.0 Å². The third kappa shape index (κ3) is 4.06. The Labute approximate surface area is 235 Å². The minimum absolute atomic E-state index is 0.0792. The number of benzene rings is 4. The van der Waals surface area contributed by atoms with E-state index in [0.29, 0.717) is 5.04 Å². The van der Waals surface area contributed by atoms with Crippen LogP contribution in [0.25, 0.3) is 0 Å². The van der Waals surface area contributed by atoms with Gasteiger partial charge in [0.05, 0.1) is 17.1 Å². The van der Waals surface area contributed by atoms with Crippen molar-refractivity contribution < 1.29 is 4.79 Å². The van der Waals surface area contributed by atoms with Gasteiger partial charge in [0.15, 0.2) is 10.8 Å². The van der Waals surface area contributed by atoms with Crippen molar-refractivity contribution in [3.63, 3.8) is 0 Å². The molecule has 4 aromatic rings. The highest BCUT2D eigenvalue weighted by Gasteiger charge is 2.55. The number of anilines is 2. The Bertz CT molecular complexity index is 1570. The number of ketones is 1. The van der Waals surface area contributed by atoms with Crippen molar-refractivity contribution in [1.82, 2.24) is 0 Å². The summed E-state index contributed by atoms with van der Waals surface area (Å²) in [4.78, 5) is 11.8. The average Bonchev–Trinajstić information content (AvgIpc) is 3.36. The summed E-state index contributed by atoms with van der Waals surface area (Å²) in [5, 5.41) is 14.6. The molecule has 6 rings (SSSR count). The van der Waals surface area contributed by atoms with Crippen molar-refractivity contribution in [2.45, 2.75) is 25.3 Å². The fraction of sp³-hybridized carbons (Fsp3) is 0.129. The number of carbonyl (C=O) groups excluding carboxylic acids is 1. The third-order valence-electron chi connectivity index (χ3n) is 6.75. The van der Waals surface area contributed by atoms with Crippen LogP contribution < -0.4 is 10.0 Å². The molecule has 0 bridgehead atoms. The summed E-state index contributed by atoms with van der Waals surface area (Å²) >= 11 is 4.98. The molecule has 1 atom stereocenters. The number of hydrazone groups is 2. The van der Waals surface area contributed by atoms with E-state index in [1.165, 1.54) is 17.3 Å². The monoisotopic (exact) mass is 580 g/mol. The number of rotatable bonds is 5. The predicted octanol–water partition coefficient (Wildman–Crippen LogP) is 7.55. The molecule has 0 N–H and O–H groups in total. The normalized spacial score (nSPS) is 18.3. The highest BCUT2D eigenvalue weighted by Crippen LogP contribution is 2.55. The summed E-state index contributed by atoms with van der Waals surface area (Å²) in [6.45, 7) is 3.72. The molecule has 188 valence electrons. The summed E-state index contributed by atoms with van der Waals surface area (Å²) in [6, 6.07) is 35.0. The molecule has 0 saturated carbocycles. The number of para-hydroxylation sites is 1. The molecular formula is C31H25BrN4OS. The molecule has 0 aromatic heterocycles.